The topological polar surface area (TPSA) is 58.2 Å². The molecule has 4 heteroatoms. The van der Waals surface area contributed by atoms with Gasteiger partial charge in [-0.05, 0) is 37.0 Å². The van der Waals surface area contributed by atoms with E-state index in [1.807, 2.05) is 19.1 Å². The molecule has 1 aromatic rings. The van der Waals surface area contributed by atoms with Crippen molar-refractivity contribution in [2.45, 2.75) is 26.7 Å². The van der Waals surface area contributed by atoms with E-state index in [1.165, 1.54) is 6.92 Å². The zero-order valence-corrected chi connectivity index (χ0v) is 10.7. The maximum atomic E-state index is 11.9. The smallest absolute Gasteiger partial charge is 0.227 e. The van der Waals surface area contributed by atoms with Gasteiger partial charge in [-0.1, -0.05) is 13.0 Å². The van der Waals surface area contributed by atoms with E-state index < -0.39 is 0 Å². The van der Waals surface area contributed by atoms with Gasteiger partial charge in [0.05, 0.1) is 0 Å². The van der Waals surface area contributed by atoms with Crippen molar-refractivity contribution in [2.24, 2.45) is 11.8 Å². The minimum absolute atomic E-state index is 0.0532. The molecule has 1 saturated carbocycles. The summed E-state index contributed by atoms with van der Waals surface area (Å²) >= 11 is 0. The second-order valence-electron chi connectivity index (χ2n) is 4.88. The maximum Gasteiger partial charge on any atom is 0.227 e. The molecule has 1 aromatic carbocycles. The molecule has 0 aromatic heterocycles. The summed E-state index contributed by atoms with van der Waals surface area (Å²) in [7, 11) is 0. The summed E-state index contributed by atoms with van der Waals surface area (Å²) in [5.74, 6) is 0.542. The molecule has 0 bridgehead atoms. The maximum absolute atomic E-state index is 11.9. The Labute approximate surface area is 107 Å². The molecule has 1 atom stereocenters. The van der Waals surface area contributed by atoms with Crippen LogP contribution in [0.3, 0.4) is 0 Å². The van der Waals surface area contributed by atoms with Crippen LogP contribution in [0.25, 0.3) is 0 Å². The lowest BCUT2D eigenvalue weighted by molar-refractivity contribution is -0.120. The molecule has 0 saturated heterocycles. The van der Waals surface area contributed by atoms with Gasteiger partial charge in [-0.25, -0.2) is 0 Å². The number of benzene rings is 1. The van der Waals surface area contributed by atoms with Gasteiger partial charge in [-0.3, -0.25) is 9.59 Å². The highest BCUT2D eigenvalue weighted by molar-refractivity contribution is 5.94. The van der Waals surface area contributed by atoms with Gasteiger partial charge in [0, 0.05) is 24.2 Å². The third-order valence-electron chi connectivity index (χ3n) is 3.19. The average Bonchev–Trinajstić information content (AvgIpc) is 3.11. The first-order chi connectivity index (χ1) is 8.56. The van der Waals surface area contributed by atoms with Crippen LogP contribution in [-0.2, 0) is 9.59 Å². The Balaban J connectivity index is 1.99. The van der Waals surface area contributed by atoms with Gasteiger partial charge in [-0.15, -0.1) is 0 Å². The third-order valence-corrected chi connectivity index (χ3v) is 3.19. The number of carbonyl (C=O) groups excluding carboxylic acids is 2. The molecular formula is C14H18N2O2. The molecule has 0 heterocycles. The van der Waals surface area contributed by atoms with E-state index >= 15 is 0 Å². The monoisotopic (exact) mass is 246 g/mol. The van der Waals surface area contributed by atoms with E-state index in [0.29, 0.717) is 11.6 Å². The highest BCUT2D eigenvalue weighted by Crippen LogP contribution is 2.37. The van der Waals surface area contributed by atoms with Crippen LogP contribution in [-0.4, -0.2) is 11.8 Å². The van der Waals surface area contributed by atoms with Crippen LogP contribution < -0.4 is 10.6 Å². The zero-order valence-electron chi connectivity index (χ0n) is 10.7. The van der Waals surface area contributed by atoms with Crippen LogP contribution in [0, 0.1) is 11.8 Å². The van der Waals surface area contributed by atoms with E-state index in [2.05, 4.69) is 10.6 Å². The summed E-state index contributed by atoms with van der Waals surface area (Å²) in [5.41, 5.74) is 1.41. The van der Waals surface area contributed by atoms with Crippen molar-refractivity contribution < 1.29 is 9.59 Å². The van der Waals surface area contributed by atoms with Crippen molar-refractivity contribution in [2.75, 3.05) is 10.6 Å². The Kier molecular flexibility index (Phi) is 3.65. The molecule has 1 aliphatic carbocycles. The molecule has 0 spiro atoms. The first kappa shape index (κ1) is 12.6. The SMILES string of the molecule is CC(=O)Nc1cccc(NC(=O)C(C)C2CC2)c1. The predicted octanol–water partition coefficient (Wildman–Crippen LogP) is 2.63. The molecule has 2 amide bonds. The van der Waals surface area contributed by atoms with Gasteiger partial charge in [0.2, 0.25) is 11.8 Å². The average molecular weight is 246 g/mol. The number of hydrogen-bond acceptors (Lipinski definition) is 2. The van der Waals surface area contributed by atoms with E-state index in [0.717, 1.165) is 18.5 Å². The summed E-state index contributed by atoms with van der Waals surface area (Å²) in [4.78, 5) is 22.9. The lowest BCUT2D eigenvalue weighted by Gasteiger charge is -2.12. The largest absolute Gasteiger partial charge is 0.326 e. The molecule has 1 fully saturated rings. The number of hydrogen-bond donors (Lipinski definition) is 2. The van der Waals surface area contributed by atoms with Gasteiger partial charge >= 0.3 is 0 Å². The number of rotatable bonds is 4. The predicted molar refractivity (Wildman–Crippen MR) is 71.3 cm³/mol. The lowest BCUT2D eigenvalue weighted by atomic mass is 10.1. The second kappa shape index (κ2) is 5.21. The van der Waals surface area contributed by atoms with Crippen LogP contribution in [0.2, 0.25) is 0 Å². The molecule has 1 aliphatic rings. The van der Waals surface area contributed by atoms with E-state index in [-0.39, 0.29) is 17.7 Å². The van der Waals surface area contributed by atoms with Crippen molar-refractivity contribution in [1.82, 2.24) is 0 Å². The Hall–Kier alpha value is -1.84. The van der Waals surface area contributed by atoms with Crippen molar-refractivity contribution >= 4 is 23.2 Å². The van der Waals surface area contributed by atoms with Gasteiger partial charge in [0.15, 0.2) is 0 Å². The van der Waals surface area contributed by atoms with Crippen molar-refractivity contribution in [1.29, 1.82) is 0 Å². The summed E-state index contributed by atoms with van der Waals surface area (Å²) in [6.07, 6.45) is 2.31. The molecule has 0 radical (unpaired) electrons. The van der Waals surface area contributed by atoms with Gasteiger partial charge in [0.1, 0.15) is 0 Å². The molecule has 1 unspecified atom stereocenters. The Bertz CT molecular complexity index is 467. The van der Waals surface area contributed by atoms with Crippen LogP contribution in [0.4, 0.5) is 11.4 Å². The normalized spacial score (nSPS) is 15.9. The van der Waals surface area contributed by atoms with E-state index in [4.69, 9.17) is 0 Å². The number of nitrogens with one attached hydrogen (secondary N) is 2. The van der Waals surface area contributed by atoms with Crippen molar-refractivity contribution in [3.8, 4) is 0 Å². The fourth-order valence-electron chi connectivity index (χ4n) is 1.94. The lowest BCUT2D eigenvalue weighted by Crippen LogP contribution is -2.21. The third kappa shape index (κ3) is 3.32. The fourth-order valence-corrected chi connectivity index (χ4v) is 1.94. The van der Waals surface area contributed by atoms with E-state index in [9.17, 15) is 9.59 Å². The van der Waals surface area contributed by atoms with Gasteiger partial charge < -0.3 is 10.6 Å². The Morgan fingerprint density at radius 1 is 1.22 bits per heavy atom. The minimum Gasteiger partial charge on any atom is -0.326 e. The summed E-state index contributed by atoms with van der Waals surface area (Å²) in [6, 6.07) is 7.19. The van der Waals surface area contributed by atoms with Crippen LogP contribution in [0.1, 0.15) is 26.7 Å². The van der Waals surface area contributed by atoms with Crippen molar-refractivity contribution in [3.63, 3.8) is 0 Å². The Morgan fingerprint density at radius 3 is 2.39 bits per heavy atom. The fraction of sp³-hybridized carbons (Fsp3) is 0.429. The highest BCUT2D eigenvalue weighted by atomic mass is 16.2. The molecule has 2 N–H and O–H groups in total. The summed E-state index contributed by atoms with van der Waals surface area (Å²) < 4.78 is 0. The molecule has 96 valence electrons. The zero-order chi connectivity index (χ0) is 13.1. The Morgan fingerprint density at radius 2 is 1.83 bits per heavy atom. The van der Waals surface area contributed by atoms with Gasteiger partial charge in [0.25, 0.3) is 0 Å². The van der Waals surface area contributed by atoms with Crippen LogP contribution in [0.15, 0.2) is 24.3 Å². The molecule has 18 heavy (non-hydrogen) atoms. The number of anilines is 2. The highest BCUT2D eigenvalue weighted by Gasteiger charge is 2.32. The van der Waals surface area contributed by atoms with E-state index in [1.54, 1.807) is 12.1 Å². The first-order valence-electron chi connectivity index (χ1n) is 6.25. The number of amides is 2. The molecule has 2 rings (SSSR count). The van der Waals surface area contributed by atoms with Crippen molar-refractivity contribution in [3.05, 3.63) is 24.3 Å². The summed E-state index contributed by atoms with van der Waals surface area (Å²) in [5, 5.41) is 5.58. The molecule has 0 aliphatic heterocycles. The standard InChI is InChI=1S/C14H18N2O2/c1-9(11-6-7-11)14(18)16-13-5-3-4-12(8-13)15-10(2)17/h3-5,8-9,11H,6-7H2,1-2H3,(H,15,17)(H,16,18). The second-order valence-corrected chi connectivity index (χ2v) is 4.88. The van der Waals surface area contributed by atoms with Crippen LogP contribution in [0.5, 0.6) is 0 Å². The molecular weight excluding hydrogens is 228 g/mol. The summed E-state index contributed by atoms with van der Waals surface area (Å²) in [6.45, 7) is 3.42. The first-order valence-corrected chi connectivity index (χ1v) is 6.25. The van der Waals surface area contributed by atoms with Gasteiger partial charge in [-0.2, -0.15) is 0 Å². The quantitative estimate of drug-likeness (QED) is 0.858. The number of carbonyl (C=O) groups is 2. The minimum atomic E-state index is -0.121. The molecule has 4 nitrogen and oxygen atoms in total. The van der Waals surface area contributed by atoms with Crippen LogP contribution >= 0.6 is 0 Å².